The second kappa shape index (κ2) is 3.88. The number of nitriles is 1. The summed E-state index contributed by atoms with van der Waals surface area (Å²) in [4.78, 5) is 0. The highest BCUT2D eigenvalue weighted by atomic mass is 79.9. The fourth-order valence-corrected chi connectivity index (χ4v) is 1.28. The van der Waals surface area contributed by atoms with Crippen molar-refractivity contribution in [1.29, 1.82) is 5.26 Å². The number of nitrogens with zero attached hydrogens (tertiary/aromatic N) is 1. The minimum absolute atomic E-state index is 0.247. The molecule has 0 aliphatic carbocycles. The highest BCUT2D eigenvalue weighted by molar-refractivity contribution is 9.10. The summed E-state index contributed by atoms with van der Waals surface area (Å²) in [5.41, 5.74) is -1.11. The monoisotopic (exact) mass is 264 g/mol. The molecule has 1 rings (SSSR count). The minimum atomic E-state index is -4.47. The molecule has 0 fully saturated rings. The summed E-state index contributed by atoms with van der Waals surface area (Å²) >= 11 is 2.93. The molecular weight excluding hydrogens is 261 g/mol. The lowest BCUT2D eigenvalue weighted by atomic mass is 10.2. The molecule has 0 saturated carbocycles. The van der Waals surface area contributed by atoms with E-state index in [9.17, 15) is 13.2 Å². The number of benzene rings is 1. The van der Waals surface area contributed by atoms with Crippen LogP contribution in [0.3, 0.4) is 0 Å². The summed E-state index contributed by atoms with van der Waals surface area (Å²) in [7, 11) is 0. The molecule has 0 aliphatic heterocycles. The van der Waals surface area contributed by atoms with Gasteiger partial charge in [0.15, 0.2) is 6.19 Å². The first kappa shape index (κ1) is 10.9. The first-order chi connectivity index (χ1) is 6.45. The van der Waals surface area contributed by atoms with Crippen molar-refractivity contribution in [3.63, 3.8) is 0 Å². The van der Waals surface area contributed by atoms with E-state index in [1.807, 2.05) is 5.32 Å². The van der Waals surface area contributed by atoms with Gasteiger partial charge in [-0.1, -0.05) is 15.9 Å². The summed E-state index contributed by atoms with van der Waals surface area (Å²) in [6.07, 6.45) is -3.02. The number of nitrogens with one attached hydrogen (secondary N) is 1. The normalized spacial score (nSPS) is 10.8. The van der Waals surface area contributed by atoms with E-state index in [0.29, 0.717) is 4.47 Å². The molecule has 1 aromatic rings. The van der Waals surface area contributed by atoms with Crippen LogP contribution in [0, 0.1) is 11.5 Å². The van der Waals surface area contributed by atoms with Crippen molar-refractivity contribution in [1.82, 2.24) is 0 Å². The van der Waals surface area contributed by atoms with E-state index >= 15 is 0 Å². The summed E-state index contributed by atoms with van der Waals surface area (Å²) in [5.74, 6) is 0. The van der Waals surface area contributed by atoms with Crippen LogP contribution >= 0.6 is 15.9 Å². The van der Waals surface area contributed by atoms with E-state index < -0.39 is 11.7 Å². The van der Waals surface area contributed by atoms with Crippen molar-refractivity contribution < 1.29 is 13.2 Å². The lowest BCUT2D eigenvalue weighted by Gasteiger charge is -2.11. The highest BCUT2D eigenvalue weighted by Gasteiger charge is 2.33. The largest absolute Gasteiger partial charge is 0.418 e. The van der Waals surface area contributed by atoms with Gasteiger partial charge in [0.2, 0.25) is 0 Å². The number of anilines is 1. The summed E-state index contributed by atoms with van der Waals surface area (Å²) in [6.45, 7) is 0. The predicted octanol–water partition coefficient (Wildman–Crippen LogP) is 3.36. The Morgan fingerprint density at radius 2 is 2.00 bits per heavy atom. The maximum absolute atomic E-state index is 12.4. The molecule has 0 aliphatic rings. The molecule has 0 aromatic heterocycles. The van der Waals surface area contributed by atoms with Crippen molar-refractivity contribution in [2.75, 3.05) is 5.32 Å². The maximum Gasteiger partial charge on any atom is 0.418 e. The van der Waals surface area contributed by atoms with Crippen molar-refractivity contribution in [3.05, 3.63) is 28.2 Å². The lowest BCUT2D eigenvalue weighted by molar-refractivity contribution is -0.137. The number of hydrogen-bond acceptors (Lipinski definition) is 2. The third-order valence-corrected chi connectivity index (χ3v) is 1.97. The Kier molecular flexibility index (Phi) is 3.01. The van der Waals surface area contributed by atoms with Gasteiger partial charge in [-0.3, -0.25) is 5.32 Å². The van der Waals surface area contributed by atoms with Crippen molar-refractivity contribution in [2.45, 2.75) is 6.18 Å². The average molecular weight is 265 g/mol. The number of rotatable bonds is 1. The summed E-state index contributed by atoms with van der Waals surface area (Å²) < 4.78 is 37.5. The maximum atomic E-state index is 12.4. The highest BCUT2D eigenvalue weighted by Crippen LogP contribution is 2.36. The Labute approximate surface area is 86.5 Å². The van der Waals surface area contributed by atoms with Crippen LogP contribution < -0.4 is 5.32 Å². The Bertz CT molecular complexity index is 381. The van der Waals surface area contributed by atoms with Crippen LogP contribution in [0.4, 0.5) is 18.9 Å². The van der Waals surface area contributed by atoms with Crippen LogP contribution in [0.2, 0.25) is 0 Å². The first-order valence-electron chi connectivity index (χ1n) is 3.47. The molecule has 1 aromatic carbocycles. The Hall–Kier alpha value is -1.22. The molecule has 0 saturated heterocycles. The van der Waals surface area contributed by atoms with E-state index in [0.717, 1.165) is 6.07 Å². The molecule has 0 spiro atoms. The molecule has 74 valence electrons. The van der Waals surface area contributed by atoms with Crippen molar-refractivity contribution in [2.24, 2.45) is 0 Å². The van der Waals surface area contributed by atoms with Crippen molar-refractivity contribution in [3.8, 4) is 6.19 Å². The zero-order valence-electron chi connectivity index (χ0n) is 6.69. The van der Waals surface area contributed by atoms with Gasteiger partial charge in [0.25, 0.3) is 0 Å². The minimum Gasteiger partial charge on any atom is -0.292 e. The van der Waals surface area contributed by atoms with E-state index in [1.165, 1.54) is 18.3 Å². The second-order valence-corrected chi connectivity index (χ2v) is 3.34. The third kappa shape index (κ3) is 2.39. The van der Waals surface area contributed by atoms with Gasteiger partial charge in [-0.25, -0.2) is 0 Å². The van der Waals surface area contributed by atoms with Crippen LogP contribution in [0.25, 0.3) is 0 Å². The average Bonchev–Trinajstić information content (AvgIpc) is 2.07. The molecule has 0 atom stereocenters. The zero-order chi connectivity index (χ0) is 10.8. The third-order valence-electron chi connectivity index (χ3n) is 1.48. The van der Waals surface area contributed by atoms with Gasteiger partial charge in [-0.2, -0.15) is 18.4 Å². The molecule has 0 amide bonds. The molecule has 0 heterocycles. The first-order valence-corrected chi connectivity index (χ1v) is 4.26. The zero-order valence-corrected chi connectivity index (χ0v) is 8.28. The van der Waals surface area contributed by atoms with Crippen LogP contribution in [0.5, 0.6) is 0 Å². The molecule has 0 bridgehead atoms. The molecule has 14 heavy (non-hydrogen) atoms. The molecular formula is C8H4BrF3N2. The summed E-state index contributed by atoms with van der Waals surface area (Å²) in [5, 5.41) is 10.2. The fraction of sp³-hybridized carbons (Fsp3) is 0.125. The Morgan fingerprint density at radius 1 is 1.36 bits per heavy atom. The van der Waals surface area contributed by atoms with Gasteiger partial charge in [0.1, 0.15) is 0 Å². The molecule has 0 unspecified atom stereocenters. The van der Waals surface area contributed by atoms with Crippen LogP contribution in [-0.2, 0) is 6.18 Å². The van der Waals surface area contributed by atoms with Gasteiger partial charge in [0.05, 0.1) is 11.3 Å². The Balaban J connectivity index is 3.24. The van der Waals surface area contributed by atoms with Gasteiger partial charge < -0.3 is 0 Å². The van der Waals surface area contributed by atoms with Crippen LogP contribution in [0.15, 0.2) is 22.7 Å². The smallest absolute Gasteiger partial charge is 0.292 e. The van der Waals surface area contributed by atoms with Crippen LogP contribution in [0.1, 0.15) is 5.56 Å². The van der Waals surface area contributed by atoms with E-state index in [1.54, 1.807) is 0 Å². The van der Waals surface area contributed by atoms with Crippen molar-refractivity contribution >= 4 is 21.6 Å². The SMILES string of the molecule is N#CNc1ccc(Br)cc1C(F)(F)F. The molecule has 0 radical (unpaired) electrons. The second-order valence-electron chi connectivity index (χ2n) is 2.42. The summed E-state index contributed by atoms with van der Waals surface area (Å²) in [6, 6.07) is 3.53. The quantitative estimate of drug-likeness (QED) is 0.624. The fourth-order valence-electron chi connectivity index (χ4n) is 0.920. The van der Waals surface area contributed by atoms with Gasteiger partial charge >= 0.3 is 6.18 Å². The topological polar surface area (TPSA) is 35.8 Å². The van der Waals surface area contributed by atoms with E-state index in [-0.39, 0.29) is 5.69 Å². The number of hydrogen-bond donors (Lipinski definition) is 1. The van der Waals surface area contributed by atoms with E-state index in [2.05, 4.69) is 15.9 Å². The lowest BCUT2D eigenvalue weighted by Crippen LogP contribution is -2.08. The number of alkyl halides is 3. The van der Waals surface area contributed by atoms with Gasteiger partial charge in [0, 0.05) is 4.47 Å². The van der Waals surface area contributed by atoms with Gasteiger partial charge in [-0.05, 0) is 18.2 Å². The van der Waals surface area contributed by atoms with Crippen LogP contribution in [-0.4, -0.2) is 0 Å². The number of halogens is 4. The predicted molar refractivity (Wildman–Crippen MR) is 48.4 cm³/mol. The van der Waals surface area contributed by atoms with E-state index in [4.69, 9.17) is 5.26 Å². The Morgan fingerprint density at radius 3 is 2.50 bits per heavy atom. The van der Waals surface area contributed by atoms with Gasteiger partial charge in [-0.15, -0.1) is 0 Å². The molecule has 2 nitrogen and oxygen atoms in total. The molecule has 1 N–H and O–H groups in total. The molecule has 6 heteroatoms. The standard InChI is InChI=1S/C8H4BrF3N2/c9-5-1-2-7(14-4-13)6(3-5)8(10,11)12/h1-3,14H.